The molecule has 186 valence electrons. The van der Waals surface area contributed by atoms with Crippen molar-refractivity contribution in [2.75, 3.05) is 19.7 Å². The number of benzene rings is 2. The monoisotopic (exact) mass is 485 g/mol. The second-order valence-electron chi connectivity index (χ2n) is 7.68. The van der Waals surface area contributed by atoms with Crippen molar-refractivity contribution < 1.29 is 33.7 Å². The quantitative estimate of drug-likeness (QED) is 0.230. The van der Waals surface area contributed by atoms with Gasteiger partial charge in [0.15, 0.2) is 17.5 Å². The zero-order valence-electron chi connectivity index (χ0n) is 18.8. The molecule has 1 aliphatic heterocycles. The molecule has 2 aromatic rings. The third-order valence-corrected chi connectivity index (χ3v) is 4.90. The lowest BCUT2D eigenvalue weighted by Crippen LogP contribution is -2.42. The molecule has 1 aliphatic rings. The number of nitrogens with zero attached hydrogens (tertiary/aromatic N) is 1. The highest BCUT2D eigenvalue weighted by Crippen LogP contribution is 2.32. The fourth-order valence-electron chi connectivity index (χ4n) is 3.18. The first-order valence-electron chi connectivity index (χ1n) is 10.7. The van der Waals surface area contributed by atoms with Crippen molar-refractivity contribution in [2.24, 2.45) is 16.5 Å². The average molecular weight is 485 g/mol. The van der Waals surface area contributed by atoms with Crippen molar-refractivity contribution in [1.82, 2.24) is 10.6 Å². The van der Waals surface area contributed by atoms with E-state index in [9.17, 15) is 19.5 Å². The summed E-state index contributed by atoms with van der Waals surface area (Å²) in [4.78, 5) is 39.1. The van der Waals surface area contributed by atoms with Crippen LogP contribution in [0.25, 0.3) is 0 Å². The van der Waals surface area contributed by atoms with E-state index in [1.165, 1.54) is 0 Å². The summed E-state index contributed by atoms with van der Waals surface area (Å²) in [5.41, 5.74) is 11.8. The lowest BCUT2D eigenvalue weighted by Gasteiger charge is -2.27. The first kappa shape index (κ1) is 25.1. The van der Waals surface area contributed by atoms with Gasteiger partial charge < -0.3 is 41.4 Å². The van der Waals surface area contributed by atoms with Crippen molar-refractivity contribution in [1.29, 1.82) is 0 Å². The molecule has 3 rings (SSSR count). The average Bonchev–Trinajstić information content (AvgIpc) is 2.85. The number of carbonyl (C=O) groups is 3. The van der Waals surface area contributed by atoms with Gasteiger partial charge >= 0.3 is 12.1 Å². The minimum Gasteiger partial charge on any atom is -0.486 e. The van der Waals surface area contributed by atoms with Crippen LogP contribution in [-0.4, -0.2) is 60.9 Å². The topological polar surface area (TPSA) is 188 Å². The Labute approximate surface area is 201 Å². The van der Waals surface area contributed by atoms with Gasteiger partial charge in [0.05, 0.1) is 6.54 Å². The van der Waals surface area contributed by atoms with E-state index in [-0.39, 0.29) is 44.6 Å². The number of amides is 2. The summed E-state index contributed by atoms with van der Waals surface area (Å²) in [5.74, 6) is -0.857. The van der Waals surface area contributed by atoms with Crippen LogP contribution in [0.3, 0.4) is 0 Å². The molecule has 2 amide bonds. The molecule has 0 spiro atoms. The predicted octanol–water partition coefficient (Wildman–Crippen LogP) is 0.138. The number of rotatable bonds is 10. The Morgan fingerprint density at radius 1 is 1.11 bits per heavy atom. The number of nitrogens with two attached hydrogens (primary N) is 2. The van der Waals surface area contributed by atoms with Gasteiger partial charge in [-0.1, -0.05) is 36.4 Å². The fourth-order valence-corrected chi connectivity index (χ4v) is 3.18. The molecule has 0 radical (unpaired) electrons. The van der Waals surface area contributed by atoms with Gasteiger partial charge in [-0.2, -0.15) is 0 Å². The van der Waals surface area contributed by atoms with E-state index in [0.717, 1.165) is 5.56 Å². The van der Waals surface area contributed by atoms with Crippen LogP contribution in [0.5, 0.6) is 11.5 Å². The van der Waals surface area contributed by atoms with Crippen LogP contribution in [0.2, 0.25) is 0 Å². The number of ether oxygens (including phenoxy) is 3. The summed E-state index contributed by atoms with van der Waals surface area (Å²) in [6, 6.07) is 12.8. The Hall–Kier alpha value is -4.48. The number of carboxylic acid groups (broad SMARTS) is 1. The van der Waals surface area contributed by atoms with Gasteiger partial charge in [0.25, 0.3) is 0 Å². The van der Waals surface area contributed by atoms with Crippen LogP contribution in [0, 0.1) is 0 Å². The van der Waals surface area contributed by atoms with Gasteiger partial charge in [-0.05, 0) is 23.3 Å². The maximum atomic E-state index is 12.1. The molecule has 0 saturated carbocycles. The molecule has 0 fully saturated rings. The van der Waals surface area contributed by atoms with Crippen LogP contribution in [0.15, 0.2) is 53.5 Å². The number of carboxylic acids is 1. The van der Waals surface area contributed by atoms with E-state index in [1.54, 1.807) is 30.3 Å². The predicted molar refractivity (Wildman–Crippen MR) is 125 cm³/mol. The van der Waals surface area contributed by atoms with Gasteiger partial charge in [0.2, 0.25) is 5.91 Å². The number of aliphatic carboxylic acids is 1. The SMILES string of the molecule is NC(N)=NCC(=O)NCC1COc2cc(C[C@H](NC(=O)OCc3ccccc3)C(=O)O)ccc2O1. The van der Waals surface area contributed by atoms with Crippen LogP contribution in [-0.2, 0) is 27.4 Å². The first-order valence-corrected chi connectivity index (χ1v) is 10.7. The second-order valence-corrected chi connectivity index (χ2v) is 7.68. The van der Waals surface area contributed by atoms with E-state index in [1.807, 2.05) is 18.2 Å². The zero-order valence-corrected chi connectivity index (χ0v) is 18.8. The fraction of sp³-hybridized carbons (Fsp3) is 0.304. The molecule has 2 atom stereocenters. The molecule has 35 heavy (non-hydrogen) atoms. The third-order valence-electron chi connectivity index (χ3n) is 4.90. The number of hydrogen-bond donors (Lipinski definition) is 5. The molecule has 1 unspecified atom stereocenters. The molecule has 0 aromatic heterocycles. The number of nitrogens with one attached hydrogen (secondary N) is 2. The number of aliphatic imine (C=N–C) groups is 1. The van der Waals surface area contributed by atoms with Gasteiger partial charge in [-0.25, -0.2) is 14.6 Å². The molecule has 0 aliphatic carbocycles. The highest BCUT2D eigenvalue weighted by atomic mass is 16.6. The summed E-state index contributed by atoms with van der Waals surface area (Å²) in [6.07, 6.45) is -1.25. The Morgan fingerprint density at radius 3 is 2.60 bits per heavy atom. The number of guanidine groups is 1. The van der Waals surface area contributed by atoms with E-state index in [2.05, 4.69) is 15.6 Å². The first-order chi connectivity index (χ1) is 16.8. The van der Waals surface area contributed by atoms with Gasteiger partial charge in [-0.15, -0.1) is 0 Å². The van der Waals surface area contributed by atoms with Gasteiger partial charge in [0.1, 0.15) is 31.9 Å². The van der Waals surface area contributed by atoms with E-state index in [4.69, 9.17) is 25.7 Å². The normalized spacial score (nSPS) is 14.8. The molecule has 0 bridgehead atoms. The maximum absolute atomic E-state index is 12.1. The summed E-state index contributed by atoms with van der Waals surface area (Å²) in [5, 5.41) is 14.5. The van der Waals surface area contributed by atoms with E-state index < -0.39 is 24.2 Å². The summed E-state index contributed by atoms with van der Waals surface area (Å²) >= 11 is 0. The Bertz CT molecular complexity index is 1070. The Kier molecular flexibility index (Phi) is 8.70. The lowest BCUT2D eigenvalue weighted by molar-refractivity contribution is -0.139. The molecule has 1 heterocycles. The van der Waals surface area contributed by atoms with Gasteiger partial charge in [-0.3, -0.25) is 4.79 Å². The smallest absolute Gasteiger partial charge is 0.408 e. The van der Waals surface area contributed by atoms with Crippen LogP contribution in [0.4, 0.5) is 4.79 Å². The largest absolute Gasteiger partial charge is 0.486 e. The lowest BCUT2D eigenvalue weighted by atomic mass is 10.1. The standard InChI is InChI=1S/C23H27N5O7/c24-22(25)27-11-20(29)26-10-16-13-33-19-9-15(6-7-18(19)35-16)8-17(21(30)31)28-23(32)34-12-14-4-2-1-3-5-14/h1-7,9,16-17H,8,10-13H2,(H,26,29)(H,28,32)(H,30,31)(H4,24,25,27)/t16?,17-/m0/s1. The number of hydrogen-bond acceptors (Lipinski definition) is 7. The van der Waals surface area contributed by atoms with Crippen molar-refractivity contribution in [2.45, 2.75) is 25.2 Å². The third kappa shape index (κ3) is 8.11. The summed E-state index contributed by atoms with van der Waals surface area (Å²) in [6.45, 7) is 0.203. The molecule has 0 saturated heterocycles. The number of fused-ring (bicyclic) bond motifs is 1. The van der Waals surface area contributed by atoms with E-state index in [0.29, 0.717) is 17.1 Å². The van der Waals surface area contributed by atoms with Crippen molar-refractivity contribution in [3.8, 4) is 11.5 Å². The minimum atomic E-state index is -1.20. The molecule has 12 heteroatoms. The molecular formula is C23H27N5O7. The molecule has 12 nitrogen and oxygen atoms in total. The molecular weight excluding hydrogens is 458 g/mol. The Balaban J connectivity index is 1.51. The van der Waals surface area contributed by atoms with Crippen molar-refractivity contribution >= 4 is 23.9 Å². The zero-order chi connectivity index (χ0) is 25.2. The molecule has 7 N–H and O–H groups in total. The van der Waals surface area contributed by atoms with E-state index >= 15 is 0 Å². The van der Waals surface area contributed by atoms with Crippen LogP contribution >= 0.6 is 0 Å². The summed E-state index contributed by atoms with van der Waals surface area (Å²) in [7, 11) is 0. The molecule has 2 aromatic carbocycles. The van der Waals surface area contributed by atoms with Crippen LogP contribution < -0.4 is 31.6 Å². The highest BCUT2D eigenvalue weighted by Gasteiger charge is 2.25. The maximum Gasteiger partial charge on any atom is 0.408 e. The van der Waals surface area contributed by atoms with Crippen molar-refractivity contribution in [3.63, 3.8) is 0 Å². The van der Waals surface area contributed by atoms with Crippen molar-refractivity contribution in [3.05, 3.63) is 59.7 Å². The number of carbonyl (C=O) groups excluding carboxylic acids is 2. The summed E-state index contributed by atoms with van der Waals surface area (Å²) < 4.78 is 16.6. The van der Waals surface area contributed by atoms with Gasteiger partial charge in [0, 0.05) is 6.42 Å². The minimum absolute atomic E-state index is 0.0106. The number of alkyl carbamates (subject to hydrolysis) is 1. The highest BCUT2D eigenvalue weighted by molar-refractivity contribution is 5.83. The Morgan fingerprint density at radius 2 is 1.89 bits per heavy atom. The second kappa shape index (κ2) is 12.1. The van der Waals surface area contributed by atoms with Crippen LogP contribution in [0.1, 0.15) is 11.1 Å².